The maximum Gasteiger partial charge on any atom is 0.267 e. The third-order valence-electron chi connectivity index (χ3n) is 5.77. The van der Waals surface area contributed by atoms with Crippen molar-refractivity contribution in [1.82, 2.24) is 4.90 Å². The van der Waals surface area contributed by atoms with Crippen molar-refractivity contribution in [2.75, 3.05) is 13.9 Å². The Labute approximate surface area is 185 Å². The normalized spacial score (nSPS) is 21.3. The standard InChI is InChI=1S/C24H24N2O4S/c1-28-19-10-8-17(9-11-19)25-24-26(18-5-3-2-4-6-18)23(27)22(31-24)14-16-7-12-20-21(13-16)30-15-29-20/h7-14,18H,2-6,15H2,1H3/b22-14-,25-24?. The summed E-state index contributed by atoms with van der Waals surface area (Å²) in [6, 6.07) is 13.5. The zero-order chi connectivity index (χ0) is 21.2. The second-order valence-corrected chi connectivity index (χ2v) is 8.79. The van der Waals surface area contributed by atoms with Crippen molar-refractivity contribution in [2.45, 2.75) is 38.1 Å². The van der Waals surface area contributed by atoms with E-state index in [1.54, 1.807) is 7.11 Å². The predicted octanol–water partition coefficient (Wildman–Crippen LogP) is 5.36. The van der Waals surface area contributed by atoms with Crippen LogP contribution < -0.4 is 14.2 Å². The molecular weight excluding hydrogens is 412 g/mol. The van der Waals surface area contributed by atoms with Crippen molar-refractivity contribution in [3.8, 4) is 17.2 Å². The Morgan fingerprint density at radius 2 is 1.84 bits per heavy atom. The van der Waals surface area contributed by atoms with Crippen LogP contribution in [0.1, 0.15) is 37.7 Å². The molecule has 0 radical (unpaired) electrons. The SMILES string of the molecule is COc1ccc(N=C2S/C(=C\c3ccc4c(c3)OCO4)C(=O)N2C2CCCCC2)cc1. The number of carbonyl (C=O) groups excluding carboxylic acids is 1. The molecule has 2 fully saturated rings. The van der Waals surface area contributed by atoms with E-state index in [2.05, 4.69) is 0 Å². The number of thioether (sulfide) groups is 1. The van der Waals surface area contributed by atoms with Crippen LogP contribution in [0.25, 0.3) is 6.08 Å². The van der Waals surface area contributed by atoms with E-state index in [0.717, 1.165) is 53.6 Å². The van der Waals surface area contributed by atoms with E-state index in [9.17, 15) is 4.79 Å². The average Bonchev–Trinajstić information content (AvgIpc) is 3.39. The Kier molecular flexibility index (Phi) is 5.59. The lowest BCUT2D eigenvalue weighted by Gasteiger charge is -2.30. The van der Waals surface area contributed by atoms with E-state index in [1.165, 1.54) is 18.2 Å². The molecule has 2 aromatic rings. The number of ether oxygens (including phenoxy) is 3. The van der Waals surface area contributed by atoms with Crippen molar-refractivity contribution in [3.63, 3.8) is 0 Å². The van der Waals surface area contributed by atoms with Gasteiger partial charge in [-0.25, -0.2) is 4.99 Å². The first-order chi connectivity index (χ1) is 15.2. The molecule has 2 aromatic carbocycles. The summed E-state index contributed by atoms with van der Waals surface area (Å²) in [4.78, 5) is 20.8. The van der Waals surface area contributed by atoms with Gasteiger partial charge < -0.3 is 14.2 Å². The third kappa shape index (κ3) is 4.14. The van der Waals surface area contributed by atoms with Gasteiger partial charge in [0, 0.05) is 6.04 Å². The van der Waals surface area contributed by atoms with Crippen LogP contribution in [0.3, 0.4) is 0 Å². The van der Waals surface area contributed by atoms with Gasteiger partial charge in [0.15, 0.2) is 16.7 Å². The van der Waals surface area contributed by atoms with Gasteiger partial charge in [-0.2, -0.15) is 0 Å². The summed E-state index contributed by atoms with van der Waals surface area (Å²) < 4.78 is 16.1. The minimum Gasteiger partial charge on any atom is -0.497 e. The Morgan fingerprint density at radius 1 is 1.06 bits per heavy atom. The predicted molar refractivity (Wildman–Crippen MR) is 122 cm³/mol. The Hall–Kier alpha value is -2.93. The number of nitrogens with zero attached hydrogens (tertiary/aromatic N) is 2. The quantitative estimate of drug-likeness (QED) is 0.604. The minimum atomic E-state index is 0.0295. The monoisotopic (exact) mass is 436 g/mol. The Morgan fingerprint density at radius 3 is 2.61 bits per heavy atom. The van der Waals surface area contributed by atoms with Crippen LogP contribution in [0.5, 0.6) is 17.2 Å². The molecule has 2 heterocycles. The van der Waals surface area contributed by atoms with Gasteiger partial charge in [-0.3, -0.25) is 9.69 Å². The summed E-state index contributed by atoms with van der Waals surface area (Å²) in [7, 11) is 1.64. The van der Waals surface area contributed by atoms with E-state index in [1.807, 2.05) is 53.4 Å². The molecule has 3 aliphatic rings. The highest BCUT2D eigenvalue weighted by molar-refractivity contribution is 8.18. The summed E-state index contributed by atoms with van der Waals surface area (Å²) in [5.41, 5.74) is 1.72. The van der Waals surface area contributed by atoms with E-state index in [0.29, 0.717) is 10.7 Å². The number of rotatable bonds is 4. The van der Waals surface area contributed by atoms with Gasteiger partial charge in [0.05, 0.1) is 17.7 Å². The van der Waals surface area contributed by atoms with Gasteiger partial charge in [0.1, 0.15) is 5.75 Å². The summed E-state index contributed by atoms with van der Waals surface area (Å²) >= 11 is 1.44. The fourth-order valence-electron chi connectivity index (χ4n) is 4.15. The molecule has 0 N–H and O–H groups in total. The number of carbonyl (C=O) groups is 1. The van der Waals surface area contributed by atoms with Gasteiger partial charge in [-0.05, 0) is 72.6 Å². The molecule has 1 amide bonds. The van der Waals surface area contributed by atoms with Crippen molar-refractivity contribution in [3.05, 3.63) is 52.9 Å². The molecule has 0 unspecified atom stereocenters. The second-order valence-electron chi connectivity index (χ2n) is 7.78. The minimum absolute atomic E-state index is 0.0295. The van der Waals surface area contributed by atoms with Crippen LogP contribution in [0.15, 0.2) is 52.4 Å². The lowest BCUT2D eigenvalue weighted by Crippen LogP contribution is -2.40. The van der Waals surface area contributed by atoms with Crippen LogP contribution in [0, 0.1) is 0 Å². The van der Waals surface area contributed by atoms with E-state index >= 15 is 0 Å². The lowest BCUT2D eigenvalue weighted by atomic mass is 9.94. The molecular formula is C24H24N2O4S. The molecule has 160 valence electrons. The lowest BCUT2D eigenvalue weighted by molar-refractivity contribution is -0.124. The summed E-state index contributed by atoms with van der Waals surface area (Å²) in [5.74, 6) is 2.26. The summed E-state index contributed by atoms with van der Waals surface area (Å²) in [6.07, 6.45) is 7.49. The molecule has 1 saturated carbocycles. The summed E-state index contributed by atoms with van der Waals surface area (Å²) in [6.45, 7) is 0.233. The van der Waals surface area contributed by atoms with Gasteiger partial charge in [0.2, 0.25) is 6.79 Å². The molecule has 6 nitrogen and oxygen atoms in total. The number of aliphatic imine (C=N–C) groups is 1. The molecule has 7 heteroatoms. The highest BCUT2D eigenvalue weighted by atomic mass is 32.2. The number of methoxy groups -OCH3 is 1. The zero-order valence-corrected chi connectivity index (χ0v) is 18.2. The van der Waals surface area contributed by atoms with Crippen molar-refractivity contribution < 1.29 is 19.0 Å². The number of hydrogen-bond donors (Lipinski definition) is 0. The van der Waals surface area contributed by atoms with Gasteiger partial charge in [0.25, 0.3) is 5.91 Å². The number of fused-ring (bicyclic) bond motifs is 1. The van der Waals surface area contributed by atoms with Gasteiger partial charge in [-0.1, -0.05) is 25.3 Å². The average molecular weight is 437 g/mol. The van der Waals surface area contributed by atoms with Crippen LogP contribution >= 0.6 is 11.8 Å². The van der Waals surface area contributed by atoms with E-state index < -0.39 is 0 Å². The first-order valence-electron chi connectivity index (χ1n) is 10.6. The molecule has 31 heavy (non-hydrogen) atoms. The number of benzene rings is 2. The third-order valence-corrected chi connectivity index (χ3v) is 6.75. The maximum absolute atomic E-state index is 13.4. The molecule has 0 bridgehead atoms. The van der Waals surface area contributed by atoms with Crippen molar-refractivity contribution in [2.24, 2.45) is 4.99 Å². The second kappa shape index (κ2) is 8.67. The molecule has 0 aromatic heterocycles. The maximum atomic E-state index is 13.4. The fourth-order valence-corrected chi connectivity index (χ4v) is 5.21. The fraction of sp³-hybridized carbons (Fsp3) is 0.333. The highest BCUT2D eigenvalue weighted by Gasteiger charge is 2.38. The number of hydrogen-bond acceptors (Lipinski definition) is 6. The molecule has 1 aliphatic carbocycles. The van der Waals surface area contributed by atoms with Gasteiger partial charge in [-0.15, -0.1) is 0 Å². The molecule has 0 atom stereocenters. The number of amides is 1. The zero-order valence-electron chi connectivity index (χ0n) is 17.4. The highest BCUT2D eigenvalue weighted by Crippen LogP contribution is 2.40. The van der Waals surface area contributed by atoms with Crippen LogP contribution in [0.4, 0.5) is 5.69 Å². The van der Waals surface area contributed by atoms with E-state index in [4.69, 9.17) is 19.2 Å². The topological polar surface area (TPSA) is 60.4 Å². The molecule has 2 aliphatic heterocycles. The van der Waals surface area contributed by atoms with E-state index in [-0.39, 0.29) is 18.7 Å². The molecule has 0 spiro atoms. The summed E-state index contributed by atoms with van der Waals surface area (Å²) in [5, 5.41) is 0.745. The molecule has 1 saturated heterocycles. The first kappa shape index (κ1) is 20.0. The van der Waals surface area contributed by atoms with Crippen LogP contribution in [-0.2, 0) is 4.79 Å². The molecule has 5 rings (SSSR count). The smallest absolute Gasteiger partial charge is 0.267 e. The van der Waals surface area contributed by atoms with Crippen LogP contribution in [-0.4, -0.2) is 35.9 Å². The Bertz CT molecular complexity index is 1040. The van der Waals surface area contributed by atoms with Crippen molar-refractivity contribution in [1.29, 1.82) is 0 Å². The largest absolute Gasteiger partial charge is 0.497 e. The van der Waals surface area contributed by atoms with Gasteiger partial charge >= 0.3 is 0 Å². The van der Waals surface area contributed by atoms with Crippen molar-refractivity contribution >= 4 is 34.6 Å². The number of amidine groups is 1. The first-order valence-corrected chi connectivity index (χ1v) is 11.4. The Balaban J connectivity index is 1.47. The van der Waals surface area contributed by atoms with Crippen LogP contribution in [0.2, 0.25) is 0 Å².